The third-order valence-corrected chi connectivity index (χ3v) is 19.1. The van der Waals surface area contributed by atoms with Crippen LogP contribution in [0.25, 0.3) is 0 Å². The number of hydrogen-bond acceptors (Lipinski definition) is 29. The smallest absolute Gasteiger partial charge is 0.242 e. The molecule has 12 rings (SSSR count). The van der Waals surface area contributed by atoms with E-state index in [-0.39, 0.29) is 108 Å². The maximum atomic E-state index is 12.3. The quantitative estimate of drug-likeness (QED) is 0.0624. The summed E-state index contributed by atoms with van der Waals surface area (Å²) in [6.07, 6.45) is 14.0. The summed E-state index contributed by atoms with van der Waals surface area (Å²) in [7, 11) is 10.6. The van der Waals surface area contributed by atoms with Gasteiger partial charge >= 0.3 is 0 Å². The highest BCUT2D eigenvalue weighted by molar-refractivity contribution is 7.09. The molecule has 6 aromatic heterocycles. The molecule has 564 valence electrons. The van der Waals surface area contributed by atoms with E-state index in [4.69, 9.17) is 41.8 Å². The van der Waals surface area contributed by atoms with Gasteiger partial charge in [0.25, 0.3) is 0 Å². The number of amides is 6. The summed E-state index contributed by atoms with van der Waals surface area (Å²) < 4.78 is 48.7. The molecule has 0 saturated carbocycles. The Labute approximate surface area is 603 Å². The summed E-state index contributed by atoms with van der Waals surface area (Å²) in [5.41, 5.74) is 1.78. The third kappa shape index (κ3) is 24.3. The van der Waals surface area contributed by atoms with E-state index in [0.717, 1.165) is 15.7 Å². The van der Waals surface area contributed by atoms with Crippen molar-refractivity contribution in [2.45, 2.75) is 154 Å². The predicted molar refractivity (Wildman–Crippen MR) is 374 cm³/mol. The Balaban J connectivity index is 0.000000172. The molecule has 102 heavy (non-hydrogen) atoms. The fraction of sp³-hybridized carbons (Fsp3) is 0.636. The number of aromatic nitrogens is 7. The Kier molecular flexibility index (Phi) is 34.4. The molecule has 0 spiro atoms. The number of nitrogens with one attached hydrogen (secondary N) is 7. The van der Waals surface area contributed by atoms with Gasteiger partial charge in [0.2, 0.25) is 41.3 Å². The molecule has 12 unspecified atom stereocenters. The van der Waals surface area contributed by atoms with Crippen LogP contribution in [-0.4, -0.2) is 294 Å². The number of rotatable bonds is 18. The summed E-state index contributed by atoms with van der Waals surface area (Å²) in [5.74, 6) is 3.06. The standard InChI is InChI=1S/C11H18N4O2.3C11H17N3O3.2C11H17N3O2S/c1-8-10(12-2)11(16)15(5-6-17-8)7-9-13-3-4-14-9;1-8-10(12-2)11(15)14(4-6-16-8)7-9-13-3-5-17-9;1-8-10(12-2)11(15)14(3-4-16-8)6-9-5-13-7-17-9;1-8-10(12-2)11(15)14(5-6-16-8)7-9-3-4-13-17-9;1-8-10(12-2)11(15)14(4-5-16-8)7-9-13-3-6-17-9;1-8-10(12-2)11(15)14(3-4-16-8)6-9-5-13-7-17-9/h3-4,8,10,12H,5-7H2,1-2H3,(H,13,14);3,5,8,10,12H,4,6-7H2,1-2H3;5,7-8,10,12H,3-4,6H2,1-2H3;3-4,8,10,12H,5-7H2,1-2H3;3,6,8,10,12H,4-5,7H2,1-2H3;5,7-8,10,12H,3-4,6H2,1-2H3. The van der Waals surface area contributed by atoms with Gasteiger partial charge in [0.15, 0.2) is 12.2 Å². The number of ether oxygens (including phenoxy) is 6. The first kappa shape index (κ1) is 81.7. The highest BCUT2D eigenvalue weighted by atomic mass is 32.1. The minimum Gasteiger partial charge on any atom is -0.447 e. The number of carbonyl (C=O) groups is 6. The second-order valence-corrected chi connectivity index (χ2v) is 26.4. The molecule has 6 saturated heterocycles. The number of carbonyl (C=O) groups excluding carboxylic acids is 6. The lowest BCUT2D eigenvalue weighted by Gasteiger charge is -2.24. The van der Waals surface area contributed by atoms with Crippen LogP contribution >= 0.6 is 22.7 Å². The summed E-state index contributed by atoms with van der Waals surface area (Å²) in [5, 5.41) is 24.5. The third-order valence-electron chi connectivity index (χ3n) is 17.6. The Hall–Kier alpha value is -7.56. The van der Waals surface area contributed by atoms with Crippen molar-refractivity contribution in [1.29, 1.82) is 0 Å². The summed E-state index contributed by atoms with van der Waals surface area (Å²) in [6, 6.07) is 0.0280. The SMILES string of the molecule is CNC1C(=O)N(Cc2ccno2)CCOC1C.CNC1C(=O)N(Cc2cnco2)CCOC1C.CNC1C(=O)N(Cc2cncs2)CCOC1C.CNC1C(=O)N(Cc2ncc[nH]2)CCOC1C.CNC1C(=O)N(Cc2ncco2)CCOC1C.CNC1C(=O)N(Cc2nccs2)CCOC1C. The Morgan fingerprint density at radius 3 is 1.21 bits per heavy atom. The number of oxazole rings is 2. The van der Waals surface area contributed by atoms with Crippen LogP contribution in [0.4, 0.5) is 0 Å². The Morgan fingerprint density at radius 2 is 0.863 bits per heavy atom. The molecule has 0 radical (unpaired) electrons. The number of likely N-dealkylation sites (N-methyl/N-ethyl adjacent to an activating group) is 6. The molecule has 6 aromatic rings. The van der Waals surface area contributed by atoms with Gasteiger partial charge in [0, 0.05) is 80.4 Å². The summed E-state index contributed by atoms with van der Waals surface area (Å²) in [6.45, 7) is 21.3. The van der Waals surface area contributed by atoms with Crippen LogP contribution < -0.4 is 31.9 Å². The van der Waals surface area contributed by atoms with Gasteiger partial charge in [-0.15, -0.1) is 22.7 Å². The van der Waals surface area contributed by atoms with Gasteiger partial charge < -0.3 is 108 Å². The summed E-state index contributed by atoms with van der Waals surface area (Å²) >= 11 is 3.14. The van der Waals surface area contributed by atoms with E-state index < -0.39 is 0 Å². The number of aromatic amines is 1. The van der Waals surface area contributed by atoms with Gasteiger partial charge in [-0.2, -0.15) is 0 Å². The van der Waals surface area contributed by atoms with Crippen molar-refractivity contribution in [2.75, 3.05) is 121 Å². The molecule has 0 aromatic carbocycles. The van der Waals surface area contributed by atoms with Gasteiger partial charge in [0.05, 0.1) is 140 Å². The van der Waals surface area contributed by atoms with Crippen LogP contribution in [0.5, 0.6) is 0 Å². The van der Waals surface area contributed by atoms with Crippen molar-refractivity contribution in [3.05, 3.63) is 106 Å². The zero-order valence-electron chi connectivity index (χ0n) is 60.4. The van der Waals surface area contributed by atoms with E-state index in [0.29, 0.717) is 136 Å². The lowest BCUT2D eigenvalue weighted by Crippen LogP contribution is -2.48. The molecular weight excluding hydrogens is 1360 g/mol. The highest BCUT2D eigenvalue weighted by Crippen LogP contribution is 2.20. The van der Waals surface area contributed by atoms with Crippen LogP contribution in [0.1, 0.15) is 74.7 Å². The second-order valence-electron chi connectivity index (χ2n) is 24.4. The lowest BCUT2D eigenvalue weighted by atomic mass is 10.1. The number of nitrogens with zero attached hydrogens (tertiary/aromatic N) is 12. The van der Waals surface area contributed by atoms with Gasteiger partial charge in [-0.05, 0) is 83.8 Å². The topological polar surface area (TPSA) is 382 Å². The van der Waals surface area contributed by atoms with Crippen LogP contribution in [0.15, 0.2) is 86.3 Å². The molecule has 6 fully saturated rings. The van der Waals surface area contributed by atoms with E-state index in [1.165, 1.54) is 12.7 Å². The minimum atomic E-state index is -0.313. The molecule has 6 aliphatic heterocycles. The van der Waals surface area contributed by atoms with E-state index in [1.54, 1.807) is 133 Å². The maximum Gasteiger partial charge on any atom is 0.242 e. The number of thiazole rings is 2. The van der Waals surface area contributed by atoms with Crippen LogP contribution in [-0.2, 0) is 96.5 Å². The average Bonchev–Trinajstić information content (AvgIpc) is 1.71. The molecule has 34 nitrogen and oxygen atoms in total. The lowest BCUT2D eigenvalue weighted by molar-refractivity contribution is -0.135. The molecular formula is C66H103N19O15S2. The highest BCUT2D eigenvalue weighted by Gasteiger charge is 2.37. The molecule has 0 aliphatic carbocycles. The van der Waals surface area contributed by atoms with E-state index in [9.17, 15) is 28.8 Å². The molecule has 12 heterocycles. The van der Waals surface area contributed by atoms with Gasteiger partial charge in [-0.3, -0.25) is 33.8 Å². The molecule has 36 heteroatoms. The Morgan fingerprint density at radius 1 is 0.441 bits per heavy atom. The Bertz CT molecular complexity index is 2770. The number of hydrogen-bond donors (Lipinski definition) is 7. The second kappa shape index (κ2) is 42.9. The first-order chi connectivity index (χ1) is 49.3. The van der Waals surface area contributed by atoms with Crippen molar-refractivity contribution >= 4 is 58.1 Å². The number of H-pyrrole nitrogens is 1. The first-order valence-corrected chi connectivity index (χ1v) is 35.9. The van der Waals surface area contributed by atoms with E-state index in [2.05, 4.69) is 67.0 Å². The predicted octanol–water partition coefficient (Wildman–Crippen LogP) is 0.731. The molecule has 7 N–H and O–H groups in total. The average molecular weight is 1470 g/mol. The van der Waals surface area contributed by atoms with Gasteiger partial charge in [-0.25, -0.2) is 19.9 Å². The minimum absolute atomic E-state index is 0.0238. The van der Waals surface area contributed by atoms with Crippen molar-refractivity contribution in [3.8, 4) is 0 Å². The van der Waals surface area contributed by atoms with Crippen molar-refractivity contribution < 1.29 is 70.5 Å². The maximum absolute atomic E-state index is 12.3. The van der Waals surface area contributed by atoms with Crippen molar-refractivity contribution in [2.24, 2.45) is 0 Å². The first-order valence-electron chi connectivity index (χ1n) is 34.2. The van der Waals surface area contributed by atoms with E-state index in [1.807, 2.05) is 62.9 Å². The monoisotopic (exact) mass is 1470 g/mol. The molecule has 6 aliphatic rings. The van der Waals surface area contributed by atoms with Crippen molar-refractivity contribution in [1.82, 2.24) is 96.4 Å². The fourth-order valence-electron chi connectivity index (χ4n) is 11.9. The van der Waals surface area contributed by atoms with Crippen molar-refractivity contribution in [3.63, 3.8) is 0 Å². The van der Waals surface area contributed by atoms with Crippen LogP contribution in [0, 0.1) is 0 Å². The van der Waals surface area contributed by atoms with Gasteiger partial charge in [0.1, 0.15) is 59.1 Å². The normalized spacial score (nSPS) is 26.0. The number of imidazole rings is 1. The zero-order chi connectivity index (χ0) is 73.5. The largest absolute Gasteiger partial charge is 0.447 e. The molecule has 0 bridgehead atoms. The van der Waals surface area contributed by atoms with Gasteiger partial charge in [-0.1, -0.05) is 5.16 Å². The van der Waals surface area contributed by atoms with Crippen LogP contribution in [0.2, 0.25) is 0 Å². The summed E-state index contributed by atoms with van der Waals surface area (Å²) in [4.78, 5) is 108. The fourth-order valence-corrected chi connectivity index (χ4v) is 13.1. The molecule has 6 amide bonds. The van der Waals surface area contributed by atoms with Crippen LogP contribution in [0.3, 0.4) is 0 Å². The molecule has 12 atom stereocenters. The van der Waals surface area contributed by atoms with E-state index >= 15 is 0 Å². The zero-order valence-corrected chi connectivity index (χ0v) is 62.0.